The van der Waals surface area contributed by atoms with Gasteiger partial charge in [0.1, 0.15) is 5.78 Å². The van der Waals surface area contributed by atoms with Crippen LogP contribution >= 0.6 is 0 Å². The predicted molar refractivity (Wildman–Crippen MR) is 96.4 cm³/mol. The van der Waals surface area contributed by atoms with E-state index in [-0.39, 0.29) is 17.6 Å². The Morgan fingerprint density at radius 2 is 1.12 bits per heavy atom. The fraction of sp³-hybridized carbons (Fsp3) is 0.381. The van der Waals surface area contributed by atoms with Crippen LogP contribution in [-0.2, 0) is 14.3 Å². The molecule has 0 bridgehead atoms. The van der Waals surface area contributed by atoms with Gasteiger partial charge in [-0.15, -0.1) is 0 Å². The third kappa shape index (κ3) is 5.02. The zero-order valence-corrected chi connectivity index (χ0v) is 14.5. The van der Waals surface area contributed by atoms with Gasteiger partial charge in [0.2, 0.25) is 0 Å². The van der Waals surface area contributed by atoms with Crippen molar-refractivity contribution in [3.05, 3.63) is 71.8 Å². The summed E-state index contributed by atoms with van der Waals surface area (Å²) in [4.78, 5) is 13.3. The molecule has 128 valence electrons. The van der Waals surface area contributed by atoms with Crippen LogP contribution in [0.5, 0.6) is 0 Å². The van der Waals surface area contributed by atoms with Crippen molar-refractivity contribution in [3.8, 4) is 0 Å². The lowest BCUT2D eigenvalue weighted by molar-refractivity contribution is -0.122. The molecule has 0 saturated carbocycles. The molecule has 0 heterocycles. The van der Waals surface area contributed by atoms with Crippen LogP contribution in [-0.4, -0.2) is 33.2 Å². The number of carbonyl (C=O) groups is 1. The average Bonchev–Trinajstić information content (AvgIpc) is 2.64. The second-order valence-electron chi connectivity index (χ2n) is 5.89. The first-order chi connectivity index (χ1) is 11.8. The fourth-order valence-corrected chi connectivity index (χ4v) is 3.03. The van der Waals surface area contributed by atoms with E-state index >= 15 is 0 Å². The summed E-state index contributed by atoms with van der Waals surface area (Å²) in [5, 5.41) is 0. The maximum atomic E-state index is 13.3. The monoisotopic (exact) mass is 326 g/mol. The van der Waals surface area contributed by atoms with Gasteiger partial charge < -0.3 is 9.47 Å². The summed E-state index contributed by atoms with van der Waals surface area (Å²) in [6.45, 7) is 1.13. The topological polar surface area (TPSA) is 35.5 Å². The Labute approximate surface area is 144 Å². The van der Waals surface area contributed by atoms with E-state index in [0.29, 0.717) is 26.1 Å². The van der Waals surface area contributed by atoms with Crippen LogP contribution in [0.25, 0.3) is 0 Å². The van der Waals surface area contributed by atoms with Crippen molar-refractivity contribution < 1.29 is 14.3 Å². The van der Waals surface area contributed by atoms with E-state index in [1.807, 2.05) is 60.7 Å². The Bertz CT molecular complexity index is 541. The van der Waals surface area contributed by atoms with Crippen LogP contribution < -0.4 is 0 Å². The SMILES string of the molecule is COCC[C@@H](C(=O)[C@H](CCOC)c1ccccc1)c1ccccc1. The minimum absolute atomic E-state index is 0.159. The van der Waals surface area contributed by atoms with Crippen LogP contribution in [0.15, 0.2) is 60.7 Å². The van der Waals surface area contributed by atoms with Crippen molar-refractivity contribution in [1.82, 2.24) is 0 Å². The summed E-state index contributed by atoms with van der Waals surface area (Å²) in [5.74, 6) is -0.0806. The van der Waals surface area contributed by atoms with Crippen molar-refractivity contribution in [2.24, 2.45) is 0 Å². The highest BCUT2D eigenvalue weighted by Crippen LogP contribution is 2.31. The Morgan fingerprint density at radius 1 is 0.750 bits per heavy atom. The van der Waals surface area contributed by atoms with Gasteiger partial charge in [-0.3, -0.25) is 4.79 Å². The Hall–Kier alpha value is -1.97. The number of Topliss-reactive ketones (excluding diaryl/α,β-unsaturated/α-hetero) is 1. The van der Waals surface area contributed by atoms with Gasteiger partial charge in [-0.2, -0.15) is 0 Å². The number of hydrogen-bond acceptors (Lipinski definition) is 3. The van der Waals surface area contributed by atoms with Crippen LogP contribution in [0.2, 0.25) is 0 Å². The van der Waals surface area contributed by atoms with Crippen LogP contribution in [0.1, 0.15) is 35.8 Å². The molecule has 0 aliphatic rings. The Kier molecular flexibility index (Phi) is 7.66. The molecule has 0 spiro atoms. The Morgan fingerprint density at radius 3 is 1.46 bits per heavy atom. The van der Waals surface area contributed by atoms with Gasteiger partial charge in [0.05, 0.1) is 0 Å². The van der Waals surface area contributed by atoms with Gasteiger partial charge in [0, 0.05) is 39.3 Å². The van der Waals surface area contributed by atoms with Crippen molar-refractivity contribution in [1.29, 1.82) is 0 Å². The minimum atomic E-state index is -0.159. The molecular formula is C21H26O3. The lowest BCUT2D eigenvalue weighted by atomic mass is 9.81. The van der Waals surface area contributed by atoms with Gasteiger partial charge >= 0.3 is 0 Å². The van der Waals surface area contributed by atoms with Gasteiger partial charge in [-0.05, 0) is 24.0 Å². The first-order valence-electron chi connectivity index (χ1n) is 8.39. The van der Waals surface area contributed by atoms with Crippen LogP contribution in [0, 0.1) is 0 Å². The number of rotatable bonds is 10. The van der Waals surface area contributed by atoms with E-state index in [4.69, 9.17) is 9.47 Å². The van der Waals surface area contributed by atoms with Crippen LogP contribution in [0.3, 0.4) is 0 Å². The summed E-state index contributed by atoms with van der Waals surface area (Å²) < 4.78 is 10.5. The van der Waals surface area contributed by atoms with Crippen molar-refractivity contribution >= 4 is 5.78 Å². The second-order valence-corrected chi connectivity index (χ2v) is 5.89. The van der Waals surface area contributed by atoms with E-state index in [0.717, 1.165) is 11.1 Å². The molecule has 2 rings (SSSR count). The molecular weight excluding hydrogens is 300 g/mol. The normalized spacial score (nSPS) is 13.4. The van der Waals surface area contributed by atoms with Crippen molar-refractivity contribution in [3.63, 3.8) is 0 Å². The van der Waals surface area contributed by atoms with Gasteiger partial charge in [-0.1, -0.05) is 60.7 Å². The first-order valence-corrected chi connectivity index (χ1v) is 8.39. The maximum absolute atomic E-state index is 13.3. The largest absolute Gasteiger partial charge is 0.385 e. The molecule has 24 heavy (non-hydrogen) atoms. The van der Waals surface area contributed by atoms with Gasteiger partial charge in [-0.25, -0.2) is 0 Å². The van der Waals surface area contributed by atoms with Gasteiger partial charge in [0.15, 0.2) is 0 Å². The smallest absolute Gasteiger partial charge is 0.147 e. The highest BCUT2D eigenvalue weighted by atomic mass is 16.5. The number of carbonyl (C=O) groups excluding carboxylic acids is 1. The molecule has 0 aliphatic heterocycles. The Balaban J connectivity index is 2.29. The van der Waals surface area contributed by atoms with E-state index < -0.39 is 0 Å². The molecule has 0 radical (unpaired) electrons. The molecule has 0 saturated heterocycles. The lowest BCUT2D eigenvalue weighted by Crippen LogP contribution is -2.23. The molecule has 3 nitrogen and oxygen atoms in total. The molecule has 0 amide bonds. The fourth-order valence-electron chi connectivity index (χ4n) is 3.03. The molecule has 0 aliphatic carbocycles. The summed E-state index contributed by atoms with van der Waals surface area (Å²) in [7, 11) is 3.35. The van der Waals surface area contributed by atoms with Crippen LogP contribution in [0.4, 0.5) is 0 Å². The average molecular weight is 326 g/mol. The molecule has 2 aromatic rings. The number of benzene rings is 2. The summed E-state index contributed by atoms with van der Waals surface area (Å²) in [6.07, 6.45) is 1.38. The molecule has 3 heteroatoms. The number of methoxy groups -OCH3 is 2. The minimum Gasteiger partial charge on any atom is -0.385 e. The van der Waals surface area contributed by atoms with E-state index in [1.54, 1.807) is 14.2 Å². The zero-order chi connectivity index (χ0) is 17.2. The predicted octanol–water partition coefficient (Wildman–Crippen LogP) is 4.20. The second kappa shape index (κ2) is 10.0. The quantitative estimate of drug-likeness (QED) is 0.656. The third-order valence-electron chi connectivity index (χ3n) is 4.31. The number of hydrogen-bond donors (Lipinski definition) is 0. The molecule has 0 fully saturated rings. The molecule has 0 unspecified atom stereocenters. The molecule has 2 aromatic carbocycles. The summed E-state index contributed by atoms with van der Waals surface area (Å²) in [5.41, 5.74) is 2.11. The highest BCUT2D eigenvalue weighted by molar-refractivity contribution is 5.91. The standard InChI is InChI=1S/C21H26O3/c1-23-15-13-19(17-9-5-3-6-10-17)21(22)20(14-16-24-2)18-11-7-4-8-12-18/h3-12,19-20H,13-16H2,1-2H3/t19-,20-/m1/s1. The molecule has 0 N–H and O–H groups in total. The highest BCUT2D eigenvalue weighted by Gasteiger charge is 2.28. The number of ether oxygens (including phenoxy) is 2. The van der Waals surface area contributed by atoms with Crippen molar-refractivity contribution in [2.45, 2.75) is 24.7 Å². The van der Waals surface area contributed by atoms with E-state index in [9.17, 15) is 4.79 Å². The lowest BCUT2D eigenvalue weighted by Gasteiger charge is -2.23. The van der Waals surface area contributed by atoms with E-state index in [2.05, 4.69) is 0 Å². The molecule has 2 atom stereocenters. The van der Waals surface area contributed by atoms with Gasteiger partial charge in [0.25, 0.3) is 0 Å². The van der Waals surface area contributed by atoms with Crippen molar-refractivity contribution in [2.75, 3.05) is 27.4 Å². The van der Waals surface area contributed by atoms with E-state index in [1.165, 1.54) is 0 Å². The maximum Gasteiger partial charge on any atom is 0.147 e. The first kappa shape index (κ1) is 18.4. The third-order valence-corrected chi connectivity index (χ3v) is 4.31. The molecule has 0 aromatic heterocycles. The zero-order valence-electron chi connectivity index (χ0n) is 14.5. The number of ketones is 1. The summed E-state index contributed by atoms with van der Waals surface area (Å²) >= 11 is 0. The summed E-state index contributed by atoms with van der Waals surface area (Å²) in [6, 6.07) is 20.0.